The van der Waals surface area contributed by atoms with Gasteiger partial charge in [0.25, 0.3) is 11.4 Å². The van der Waals surface area contributed by atoms with Gasteiger partial charge in [-0.3, -0.25) is 20.2 Å². The van der Waals surface area contributed by atoms with Crippen LogP contribution in [-0.2, 0) is 34.5 Å². The normalized spacial score (nSPS) is 19.2. The molecule has 3 unspecified atom stereocenters. The Balaban J connectivity index is 1.00. The van der Waals surface area contributed by atoms with Gasteiger partial charge in [-0.15, -0.1) is 0 Å². The van der Waals surface area contributed by atoms with E-state index in [0.717, 1.165) is 52.3 Å². The molecule has 0 bridgehead atoms. The third-order valence-corrected chi connectivity index (χ3v) is 18.7. The van der Waals surface area contributed by atoms with Crippen molar-refractivity contribution in [2.45, 2.75) is 95.8 Å². The van der Waals surface area contributed by atoms with Crippen molar-refractivity contribution in [1.29, 1.82) is 0 Å². The molecule has 11 rings (SSSR count). The summed E-state index contributed by atoms with van der Waals surface area (Å²) >= 11 is 0. The highest BCUT2D eigenvalue weighted by Gasteiger charge is 2.46. The first-order chi connectivity index (χ1) is 39.1. The van der Waals surface area contributed by atoms with E-state index in [2.05, 4.69) is 235 Å². The number of likely N-dealkylation sites (N-methyl/N-ethyl adjacent to an activating group) is 2. The molecule has 3 aliphatic rings. The molecular weight excluding hydrogens is 1010 g/mol. The van der Waals surface area contributed by atoms with E-state index < -0.39 is 21.7 Å². The van der Waals surface area contributed by atoms with Gasteiger partial charge in [-0.2, -0.15) is 4.58 Å². The number of hydrogen-bond donors (Lipinski definition) is 0. The molecule has 8 aromatic rings. The predicted octanol–water partition coefficient (Wildman–Crippen LogP) is 17.3. The monoisotopic (exact) mass is 1080 g/mol. The van der Waals surface area contributed by atoms with E-state index in [-0.39, 0.29) is 27.1 Å². The van der Waals surface area contributed by atoms with Gasteiger partial charge in [0.2, 0.25) is 5.69 Å². The fraction of sp³-hybridized carbons (Fsp3) is 0.247. The Morgan fingerprint density at radius 2 is 1.18 bits per heavy atom. The Morgan fingerprint density at radius 1 is 0.646 bits per heavy atom. The van der Waals surface area contributed by atoms with Crippen LogP contribution >= 0.6 is 0 Å². The quantitative estimate of drug-likeness (QED) is 0.0466. The maximum atomic E-state index is 11.9. The largest absolute Gasteiger partial charge is 0.347 e. The van der Waals surface area contributed by atoms with Gasteiger partial charge in [0, 0.05) is 101 Å². The Labute approximate surface area is 482 Å². The molecule has 3 atom stereocenters. The SMILES string of the molecule is C=C(/C=C/C=C1/N(C)c2ccc([N+](=O)[O-])cc2C1(C)C)C(C)(Cc1ccccc1)c1c(C)cc(C(C)c2cc3c(c4ccccc24)C(C)(Cc2ccccc2)C(=CC=CC2=[N+](C)c4ccc([N+](=O)[O-])cc4C2(C)C)N3C)c2ccccc12. The fourth-order valence-corrected chi connectivity index (χ4v) is 14.4. The lowest BCUT2D eigenvalue weighted by molar-refractivity contribution is -0.402. The van der Waals surface area contributed by atoms with Gasteiger partial charge < -0.3 is 9.80 Å². The van der Waals surface area contributed by atoms with Gasteiger partial charge in [0.05, 0.1) is 15.3 Å². The number of rotatable bonds is 14. The number of fused-ring (bicyclic) bond motifs is 6. The standard InChI is InChI=1S/C73H72N5O4/c1-47-41-58(54-30-19-21-32-56(54)68(47)72(8,45-50-26-15-13-16-27-50)48(2)25-23-34-65-70(4,5)60-42-52(77(79)80)37-39-62(60)74(65)10)49(3)59-44-64-69(57-33-22-20-31-55(57)59)73(9,46-51-28-17-14-18-29-51)67(76(64)12)36-24-35-66-71(6,7)61-43-53(78(81)82)38-40-63(61)75(66)11/h13-44,49H,2,45-46H2,1,3-12H3/q+1/b25-23+,65-34+. The average molecular weight is 1080 g/mol. The minimum Gasteiger partial charge on any atom is -0.347 e. The zero-order chi connectivity index (χ0) is 58.2. The van der Waals surface area contributed by atoms with Crippen LogP contribution in [0.3, 0.4) is 0 Å². The third kappa shape index (κ3) is 8.98. The number of allylic oxidation sites excluding steroid dienone is 9. The first-order valence-corrected chi connectivity index (χ1v) is 28.4. The van der Waals surface area contributed by atoms with E-state index >= 15 is 0 Å². The number of nitro groups is 2. The van der Waals surface area contributed by atoms with Gasteiger partial charge in [-0.25, -0.2) is 0 Å². The molecule has 8 aromatic carbocycles. The van der Waals surface area contributed by atoms with Crippen molar-refractivity contribution in [3.63, 3.8) is 0 Å². The summed E-state index contributed by atoms with van der Waals surface area (Å²) in [6.07, 6.45) is 14.6. The molecule has 3 heterocycles. The lowest BCUT2D eigenvalue weighted by Crippen LogP contribution is -2.29. The van der Waals surface area contributed by atoms with Crippen LogP contribution in [0.2, 0.25) is 0 Å². The number of benzene rings is 8. The Kier molecular flexibility index (Phi) is 13.8. The number of non-ortho nitro benzene ring substituents is 2. The minimum absolute atomic E-state index is 0.00374. The molecule has 412 valence electrons. The number of nitro benzene ring substituents is 2. The van der Waals surface area contributed by atoms with Crippen molar-refractivity contribution in [3.05, 3.63) is 288 Å². The van der Waals surface area contributed by atoms with Gasteiger partial charge in [-0.1, -0.05) is 168 Å². The van der Waals surface area contributed by atoms with Crippen LogP contribution < -0.4 is 9.80 Å². The van der Waals surface area contributed by atoms with Crippen LogP contribution in [0, 0.1) is 27.2 Å². The molecule has 0 aliphatic carbocycles. The molecule has 0 spiro atoms. The summed E-state index contributed by atoms with van der Waals surface area (Å²) in [5, 5.41) is 28.6. The second kappa shape index (κ2) is 20.5. The predicted molar refractivity (Wildman–Crippen MR) is 339 cm³/mol. The molecule has 0 saturated heterocycles. The molecular formula is C73H72N5O4+. The second-order valence-corrected chi connectivity index (χ2v) is 24.4. The smallest absolute Gasteiger partial charge is 0.270 e. The highest BCUT2D eigenvalue weighted by molar-refractivity contribution is 6.04. The maximum Gasteiger partial charge on any atom is 0.270 e. The van der Waals surface area contributed by atoms with Gasteiger partial charge in [0.15, 0.2) is 5.71 Å². The van der Waals surface area contributed by atoms with Crippen molar-refractivity contribution >= 4 is 55.7 Å². The topological polar surface area (TPSA) is 95.8 Å². The van der Waals surface area contributed by atoms with Crippen LogP contribution in [-0.4, -0.2) is 41.3 Å². The second-order valence-electron chi connectivity index (χ2n) is 24.4. The van der Waals surface area contributed by atoms with Crippen LogP contribution in [0.5, 0.6) is 0 Å². The van der Waals surface area contributed by atoms with E-state index in [0.29, 0.717) is 0 Å². The summed E-state index contributed by atoms with van der Waals surface area (Å²) in [4.78, 5) is 27.6. The first kappa shape index (κ1) is 55.0. The summed E-state index contributed by atoms with van der Waals surface area (Å²) < 4.78 is 2.16. The number of nitrogens with zero attached hydrogens (tertiary/aromatic N) is 5. The Morgan fingerprint density at radius 3 is 1.83 bits per heavy atom. The highest BCUT2D eigenvalue weighted by atomic mass is 16.6. The molecule has 0 saturated carbocycles. The van der Waals surface area contributed by atoms with Crippen molar-refractivity contribution in [2.75, 3.05) is 30.9 Å². The van der Waals surface area contributed by atoms with Crippen LogP contribution in [0.1, 0.15) is 104 Å². The molecule has 82 heavy (non-hydrogen) atoms. The summed E-state index contributed by atoms with van der Waals surface area (Å²) in [5.41, 5.74) is 16.4. The van der Waals surface area contributed by atoms with Crippen LogP contribution in [0.25, 0.3) is 21.5 Å². The maximum absolute atomic E-state index is 11.9. The molecule has 0 amide bonds. The summed E-state index contributed by atoms with van der Waals surface area (Å²) in [6, 6.07) is 54.6. The van der Waals surface area contributed by atoms with E-state index in [4.69, 9.17) is 6.58 Å². The Bertz CT molecular complexity index is 4130. The van der Waals surface area contributed by atoms with Gasteiger partial charge >= 0.3 is 0 Å². The third-order valence-electron chi connectivity index (χ3n) is 18.7. The fourth-order valence-electron chi connectivity index (χ4n) is 14.4. The molecule has 0 aromatic heterocycles. The van der Waals surface area contributed by atoms with Gasteiger partial charge in [0.1, 0.15) is 7.05 Å². The molecule has 0 fully saturated rings. The summed E-state index contributed by atoms with van der Waals surface area (Å²) in [7, 11) is 6.29. The van der Waals surface area contributed by atoms with Crippen LogP contribution in [0.4, 0.5) is 28.4 Å². The lowest BCUT2D eigenvalue weighted by atomic mass is 9.68. The van der Waals surface area contributed by atoms with Crippen molar-refractivity contribution in [1.82, 2.24) is 0 Å². The highest BCUT2D eigenvalue weighted by Crippen LogP contribution is 2.55. The average Bonchev–Trinajstić information content (AvgIpc) is 2.49. The zero-order valence-electron chi connectivity index (χ0n) is 49.0. The molecule has 3 aliphatic heterocycles. The van der Waals surface area contributed by atoms with E-state index in [1.54, 1.807) is 24.3 Å². The van der Waals surface area contributed by atoms with E-state index in [1.165, 1.54) is 71.9 Å². The number of aryl methyl sites for hydroxylation is 1. The lowest BCUT2D eigenvalue weighted by Gasteiger charge is -2.35. The molecule has 9 nitrogen and oxygen atoms in total. The zero-order valence-corrected chi connectivity index (χ0v) is 49.0. The number of anilines is 2. The molecule has 0 radical (unpaired) electrons. The van der Waals surface area contributed by atoms with Crippen molar-refractivity contribution in [3.8, 4) is 0 Å². The van der Waals surface area contributed by atoms with E-state index in [9.17, 15) is 20.2 Å². The van der Waals surface area contributed by atoms with Crippen LogP contribution in [0.15, 0.2) is 218 Å². The molecule has 9 heteroatoms. The minimum atomic E-state index is -0.530. The van der Waals surface area contributed by atoms with Crippen molar-refractivity contribution < 1.29 is 14.4 Å². The van der Waals surface area contributed by atoms with Gasteiger partial charge in [-0.05, 0) is 136 Å². The summed E-state index contributed by atoms with van der Waals surface area (Å²) in [6.45, 7) is 22.8. The molecule has 0 N–H and O–H groups in total. The van der Waals surface area contributed by atoms with E-state index in [1.807, 2.05) is 26.2 Å². The van der Waals surface area contributed by atoms with Crippen molar-refractivity contribution in [2.24, 2.45) is 0 Å². The first-order valence-electron chi connectivity index (χ1n) is 28.4. The summed E-state index contributed by atoms with van der Waals surface area (Å²) in [5.74, 6) is -0.00374. The Hall–Kier alpha value is -8.95. The number of hydrogen-bond acceptors (Lipinski definition) is 6.